The third kappa shape index (κ3) is 2.69. The summed E-state index contributed by atoms with van der Waals surface area (Å²) >= 11 is 0. The molecule has 1 amide bonds. The van der Waals surface area contributed by atoms with E-state index in [4.69, 9.17) is 0 Å². The maximum Gasteiger partial charge on any atom is 0.274 e. The van der Waals surface area contributed by atoms with E-state index in [9.17, 15) is 4.79 Å². The van der Waals surface area contributed by atoms with Crippen LogP contribution in [0.1, 0.15) is 43.6 Å². The van der Waals surface area contributed by atoms with Crippen LogP contribution in [0.25, 0.3) is 0 Å². The molecule has 1 N–H and O–H groups in total. The third-order valence-electron chi connectivity index (χ3n) is 4.37. The molecular formula is C14H22N4O. The minimum absolute atomic E-state index is 0.000993. The molecule has 1 aromatic rings. The summed E-state index contributed by atoms with van der Waals surface area (Å²) in [5.74, 6) is 0.674. The molecule has 1 aliphatic heterocycles. The minimum Gasteiger partial charge on any atom is -0.372 e. The Hall–Kier alpha value is -1.65. The van der Waals surface area contributed by atoms with Crippen molar-refractivity contribution < 1.29 is 4.79 Å². The number of aromatic nitrogens is 2. The Morgan fingerprint density at radius 2 is 2.11 bits per heavy atom. The number of likely N-dealkylation sites (tertiary alicyclic amines) is 1. The molecule has 0 saturated carbocycles. The van der Waals surface area contributed by atoms with Crippen LogP contribution in [-0.2, 0) is 0 Å². The molecule has 5 nitrogen and oxygen atoms in total. The van der Waals surface area contributed by atoms with Gasteiger partial charge in [0.25, 0.3) is 5.91 Å². The molecule has 0 atom stereocenters. The molecule has 104 valence electrons. The van der Waals surface area contributed by atoms with Crippen molar-refractivity contribution >= 4 is 11.7 Å². The molecule has 2 heterocycles. The number of amides is 1. The van der Waals surface area contributed by atoms with Crippen LogP contribution in [-0.4, -0.2) is 41.1 Å². The van der Waals surface area contributed by atoms with Gasteiger partial charge in [-0.2, -0.15) is 0 Å². The highest BCUT2D eigenvalue weighted by Gasteiger charge is 2.37. The first-order valence-corrected chi connectivity index (χ1v) is 6.95. The monoisotopic (exact) mass is 262 g/mol. The summed E-state index contributed by atoms with van der Waals surface area (Å²) in [6.07, 6.45) is 3.34. The maximum atomic E-state index is 12.4. The molecule has 1 fully saturated rings. The van der Waals surface area contributed by atoms with Gasteiger partial charge in [-0.15, -0.1) is 10.2 Å². The minimum atomic E-state index is -0.000993. The van der Waals surface area contributed by atoms with Crippen LogP contribution in [0.15, 0.2) is 12.1 Å². The van der Waals surface area contributed by atoms with Crippen LogP contribution in [0.2, 0.25) is 0 Å². The number of hydrogen-bond donors (Lipinski definition) is 1. The summed E-state index contributed by atoms with van der Waals surface area (Å²) in [7, 11) is 1.78. The second-order valence-electron chi connectivity index (χ2n) is 5.24. The molecular weight excluding hydrogens is 240 g/mol. The Kier molecular flexibility index (Phi) is 4.02. The molecule has 0 unspecified atom stereocenters. The zero-order valence-corrected chi connectivity index (χ0v) is 11.9. The number of carbonyl (C=O) groups excluding carboxylic acids is 1. The van der Waals surface area contributed by atoms with E-state index in [1.807, 2.05) is 4.90 Å². The molecule has 1 aliphatic rings. The van der Waals surface area contributed by atoms with Gasteiger partial charge in [-0.3, -0.25) is 4.79 Å². The van der Waals surface area contributed by atoms with Gasteiger partial charge in [0.2, 0.25) is 0 Å². The van der Waals surface area contributed by atoms with Crippen molar-refractivity contribution in [1.29, 1.82) is 0 Å². The summed E-state index contributed by atoms with van der Waals surface area (Å²) in [5, 5.41) is 10.8. The van der Waals surface area contributed by atoms with Gasteiger partial charge in [0.1, 0.15) is 5.82 Å². The summed E-state index contributed by atoms with van der Waals surface area (Å²) in [5.41, 5.74) is 0.732. The lowest BCUT2D eigenvalue weighted by Gasteiger charge is -2.26. The standard InChI is InChI=1S/C14H22N4O/c1-4-14(5-2)8-9-18(10-14)13(19)11-6-7-12(15-3)17-16-11/h6-7H,4-5,8-10H2,1-3H3,(H,15,17). The summed E-state index contributed by atoms with van der Waals surface area (Å²) < 4.78 is 0. The summed E-state index contributed by atoms with van der Waals surface area (Å²) in [4.78, 5) is 14.3. The highest BCUT2D eigenvalue weighted by Crippen LogP contribution is 2.37. The van der Waals surface area contributed by atoms with E-state index in [0.717, 1.165) is 32.4 Å². The van der Waals surface area contributed by atoms with Gasteiger partial charge < -0.3 is 10.2 Å². The molecule has 19 heavy (non-hydrogen) atoms. The van der Waals surface area contributed by atoms with Gasteiger partial charge in [-0.05, 0) is 36.8 Å². The van der Waals surface area contributed by atoms with Crippen molar-refractivity contribution in [1.82, 2.24) is 15.1 Å². The highest BCUT2D eigenvalue weighted by atomic mass is 16.2. The number of nitrogens with zero attached hydrogens (tertiary/aromatic N) is 3. The first-order chi connectivity index (χ1) is 9.14. The molecule has 2 rings (SSSR count). The second-order valence-corrected chi connectivity index (χ2v) is 5.24. The topological polar surface area (TPSA) is 58.1 Å². The Bertz CT molecular complexity index is 439. The normalized spacial score (nSPS) is 17.5. The van der Waals surface area contributed by atoms with E-state index < -0.39 is 0 Å². The van der Waals surface area contributed by atoms with Gasteiger partial charge in [-0.1, -0.05) is 13.8 Å². The van der Waals surface area contributed by atoms with Gasteiger partial charge >= 0.3 is 0 Å². The number of nitrogens with one attached hydrogen (secondary N) is 1. The van der Waals surface area contributed by atoms with Crippen LogP contribution < -0.4 is 5.32 Å². The number of anilines is 1. The Labute approximate surface area is 114 Å². The molecule has 0 spiro atoms. The summed E-state index contributed by atoms with van der Waals surface area (Å²) in [6.45, 7) is 6.09. The molecule has 5 heteroatoms. The van der Waals surface area contributed by atoms with Gasteiger partial charge in [-0.25, -0.2) is 0 Å². The number of carbonyl (C=O) groups is 1. The quantitative estimate of drug-likeness (QED) is 0.903. The molecule has 1 saturated heterocycles. The molecule has 0 aromatic carbocycles. The van der Waals surface area contributed by atoms with Crippen LogP contribution in [0.5, 0.6) is 0 Å². The third-order valence-corrected chi connectivity index (χ3v) is 4.37. The van der Waals surface area contributed by atoms with Crippen LogP contribution in [0.3, 0.4) is 0 Å². The predicted octanol–water partition coefficient (Wildman–Crippen LogP) is 2.17. The maximum absolute atomic E-state index is 12.4. The average molecular weight is 262 g/mol. The summed E-state index contributed by atoms with van der Waals surface area (Å²) in [6, 6.07) is 3.52. The van der Waals surface area contributed by atoms with E-state index in [2.05, 4.69) is 29.4 Å². The largest absolute Gasteiger partial charge is 0.372 e. The average Bonchev–Trinajstić information content (AvgIpc) is 2.92. The first kappa shape index (κ1) is 13.8. The molecule has 0 bridgehead atoms. The van der Waals surface area contributed by atoms with E-state index in [0.29, 0.717) is 16.9 Å². The lowest BCUT2D eigenvalue weighted by atomic mass is 9.82. The number of rotatable bonds is 4. The lowest BCUT2D eigenvalue weighted by molar-refractivity contribution is 0.0763. The molecule has 0 aliphatic carbocycles. The van der Waals surface area contributed by atoms with E-state index >= 15 is 0 Å². The Morgan fingerprint density at radius 1 is 1.37 bits per heavy atom. The van der Waals surface area contributed by atoms with Crippen molar-refractivity contribution in [3.63, 3.8) is 0 Å². The zero-order chi connectivity index (χ0) is 13.9. The van der Waals surface area contributed by atoms with E-state index in [1.54, 1.807) is 19.2 Å². The molecule has 0 radical (unpaired) electrons. The number of hydrogen-bond acceptors (Lipinski definition) is 4. The molecule has 1 aromatic heterocycles. The smallest absolute Gasteiger partial charge is 0.274 e. The van der Waals surface area contributed by atoms with E-state index in [-0.39, 0.29) is 5.91 Å². The lowest BCUT2D eigenvalue weighted by Crippen LogP contribution is -2.32. The van der Waals surface area contributed by atoms with Crippen molar-refractivity contribution in [3.8, 4) is 0 Å². The zero-order valence-electron chi connectivity index (χ0n) is 11.9. The van der Waals surface area contributed by atoms with Crippen molar-refractivity contribution in [2.75, 3.05) is 25.5 Å². The van der Waals surface area contributed by atoms with Crippen molar-refractivity contribution in [2.24, 2.45) is 5.41 Å². The van der Waals surface area contributed by atoms with Gasteiger partial charge in [0, 0.05) is 20.1 Å². The fourth-order valence-electron chi connectivity index (χ4n) is 2.68. The van der Waals surface area contributed by atoms with Gasteiger partial charge in [0.15, 0.2) is 5.69 Å². The van der Waals surface area contributed by atoms with E-state index in [1.165, 1.54) is 0 Å². The fourth-order valence-corrected chi connectivity index (χ4v) is 2.68. The van der Waals surface area contributed by atoms with Crippen LogP contribution in [0.4, 0.5) is 5.82 Å². The SMILES string of the molecule is CCC1(CC)CCN(C(=O)c2ccc(NC)nn2)C1. The van der Waals surface area contributed by atoms with Crippen LogP contribution in [0, 0.1) is 5.41 Å². The van der Waals surface area contributed by atoms with Crippen molar-refractivity contribution in [2.45, 2.75) is 33.1 Å². The first-order valence-electron chi connectivity index (χ1n) is 6.95. The predicted molar refractivity (Wildman–Crippen MR) is 75.1 cm³/mol. The van der Waals surface area contributed by atoms with Crippen LogP contribution >= 0.6 is 0 Å². The fraction of sp³-hybridized carbons (Fsp3) is 0.643. The van der Waals surface area contributed by atoms with Gasteiger partial charge in [0.05, 0.1) is 0 Å². The Morgan fingerprint density at radius 3 is 2.58 bits per heavy atom. The van der Waals surface area contributed by atoms with Crippen molar-refractivity contribution in [3.05, 3.63) is 17.8 Å². The Balaban J connectivity index is 2.08. The highest BCUT2D eigenvalue weighted by molar-refractivity contribution is 5.92. The second kappa shape index (κ2) is 5.55.